The number of aromatic nitrogens is 1. The summed E-state index contributed by atoms with van der Waals surface area (Å²) in [5, 5.41) is 6.37. The lowest BCUT2D eigenvalue weighted by molar-refractivity contribution is -0.136. The van der Waals surface area contributed by atoms with E-state index in [4.69, 9.17) is 4.74 Å². The van der Waals surface area contributed by atoms with Crippen molar-refractivity contribution >= 4 is 36.5 Å². The lowest BCUT2D eigenvalue weighted by Gasteiger charge is -2.35. The van der Waals surface area contributed by atoms with E-state index in [0.29, 0.717) is 13.2 Å². The second-order valence-corrected chi connectivity index (χ2v) is 6.34. The van der Waals surface area contributed by atoms with E-state index in [9.17, 15) is 4.79 Å². The molecule has 2 rings (SSSR count). The topological polar surface area (TPSA) is 66.5 Å². The molecular weight excluding hydrogens is 375 g/mol. The third kappa shape index (κ3) is 6.27. The summed E-state index contributed by atoms with van der Waals surface area (Å²) >= 11 is 0. The third-order valence-corrected chi connectivity index (χ3v) is 4.81. The number of ether oxygens (including phenoxy) is 1. The fourth-order valence-electron chi connectivity index (χ4n) is 3.24. The molecule has 26 heavy (non-hydrogen) atoms. The van der Waals surface area contributed by atoms with Gasteiger partial charge >= 0.3 is 0 Å². The normalized spacial score (nSPS) is 15.3. The maximum atomic E-state index is 12.7. The minimum atomic E-state index is -0.408. The molecule has 1 aromatic rings. The molecule has 1 aromatic heterocycles. The number of nitrogens with one attached hydrogen (secondary N) is 2. The Morgan fingerprint density at radius 3 is 2.42 bits per heavy atom. The maximum Gasteiger partial charge on any atom is 0.228 e. The molecule has 2 N–H and O–H groups in total. The molecular formula is C18H32Cl2N4O2. The summed E-state index contributed by atoms with van der Waals surface area (Å²) in [6.45, 7) is 8.80. The van der Waals surface area contributed by atoms with E-state index in [-0.39, 0.29) is 30.7 Å². The zero-order chi connectivity index (χ0) is 17.4. The van der Waals surface area contributed by atoms with Gasteiger partial charge in [0.05, 0.1) is 12.0 Å². The van der Waals surface area contributed by atoms with Crippen LogP contribution in [0.15, 0.2) is 18.3 Å². The average molecular weight is 407 g/mol. The number of halogens is 2. The standard InChI is InChI=1S/C18H30N4O2.2ClH/c1-4-22(5-2)16-7-6-15(12-20-16)13-21-17(23)18(14-24-3)8-10-19-11-9-18;;/h6-7,12,19H,4-5,8-11,13-14H2,1-3H3,(H,21,23);2*1H. The van der Waals surface area contributed by atoms with E-state index >= 15 is 0 Å². The molecule has 0 aliphatic carbocycles. The van der Waals surface area contributed by atoms with E-state index in [1.165, 1.54) is 0 Å². The highest BCUT2D eigenvalue weighted by molar-refractivity contribution is 5.85. The Morgan fingerprint density at radius 2 is 1.92 bits per heavy atom. The van der Waals surface area contributed by atoms with Crippen molar-refractivity contribution in [1.82, 2.24) is 15.6 Å². The quantitative estimate of drug-likeness (QED) is 0.693. The average Bonchev–Trinajstić information content (AvgIpc) is 2.63. The Hall–Kier alpha value is -1.08. The van der Waals surface area contributed by atoms with Crippen LogP contribution in [0.25, 0.3) is 0 Å². The highest BCUT2D eigenvalue weighted by Gasteiger charge is 2.39. The molecule has 0 aromatic carbocycles. The number of nitrogens with zero attached hydrogens (tertiary/aromatic N) is 2. The highest BCUT2D eigenvalue weighted by Crippen LogP contribution is 2.29. The van der Waals surface area contributed by atoms with Crippen molar-refractivity contribution in [2.24, 2.45) is 5.41 Å². The van der Waals surface area contributed by atoms with E-state index in [2.05, 4.69) is 34.4 Å². The number of hydrogen-bond donors (Lipinski definition) is 2. The molecule has 0 spiro atoms. The van der Waals surface area contributed by atoms with Crippen molar-refractivity contribution in [1.29, 1.82) is 0 Å². The molecule has 1 aliphatic rings. The lowest BCUT2D eigenvalue weighted by atomic mass is 9.78. The van der Waals surface area contributed by atoms with Crippen molar-refractivity contribution in [3.8, 4) is 0 Å². The fraction of sp³-hybridized carbons (Fsp3) is 0.667. The van der Waals surface area contributed by atoms with Crippen LogP contribution >= 0.6 is 24.8 Å². The van der Waals surface area contributed by atoms with Gasteiger partial charge in [-0.3, -0.25) is 4.79 Å². The first-order chi connectivity index (χ1) is 11.6. The monoisotopic (exact) mass is 406 g/mol. The van der Waals surface area contributed by atoms with Crippen LogP contribution in [0.4, 0.5) is 5.82 Å². The van der Waals surface area contributed by atoms with Gasteiger partial charge in [0.25, 0.3) is 0 Å². The summed E-state index contributed by atoms with van der Waals surface area (Å²) in [5.41, 5.74) is 0.606. The summed E-state index contributed by atoms with van der Waals surface area (Å²) in [7, 11) is 1.66. The first-order valence-electron chi connectivity index (χ1n) is 8.83. The number of pyridine rings is 1. The summed E-state index contributed by atoms with van der Waals surface area (Å²) in [4.78, 5) is 19.4. The van der Waals surface area contributed by atoms with Crippen LogP contribution in [0.5, 0.6) is 0 Å². The van der Waals surface area contributed by atoms with Gasteiger partial charge in [-0.25, -0.2) is 4.98 Å². The first kappa shape index (κ1) is 24.9. The predicted octanol–water partition coefficient (Wildman–Crippen LogP) is 2.40. The van der Waals surface area contributed by atoms with E-state index in [0.717, 1.165) is 50.4 Å². The number of carbonyl (C=O) groups is 1. The molecule has 0 bridgehead atoms. The number of rotatable bonds is 8. The smallest absolute Gasteiger partial charge is 0.228 e. The Bertz CT molecular complexity index is 513. The molecule has 0 unspecified atom stereocenters. The summed E-state index contributed by atoms with van der Waals surface area (Å²) < 4.78 is 5.32. The lowest BCUT2D eigenvalue weighted by Crippen LogP contribution is -2.49. The Labute approximate surface area is 169 Å². The zero-order valence-electron chi connectivity index (χ0n) is 15.9. The van der Waals surface area contributed by atoms with Gasteiger partial charge in [-0.05, 0) is 51.4 Å². The number of anilines is 1. The predicted molar refractivity (Wildman–Crippen MR) is 111 cm³/mol. The Morgan fingerprint density at radius 1 is 1.27 bits per heavy atom. The van der Waals surface area contributed by atoms with Crippen LogP contribution in [-0.4, -0.2) is 50.8 Å². The van der Waals surface area contributed by atoms with Crippen molar-refractivity contribution in [2.75, 3.05) is 44.8 Å². The van der Waals surface area contributed by atoms with Gasteiger partial charge in [0.1, 0.15) is 5.82 Å². The highest BCUT2D eigenvalue weighted by atomic mass is 35.5. The van der Waals surface area contributed by atoms with Crippen molar-refractivity contribution in [2.45, 2.75) is 33.2 Å². The van der Waals surface area contributed by atoms with Gasteiger partial charge in [0.2, 0.25) is 5.91 Å². The van der Waals surface area contributed by atoms with Crippen molar-refractivity contribution in [3.05, 3.63) is 23.9 Å². The van der Waals surface area contributed by atoms with E-state index in [1.807, 2.05) is 18.3 Å². The van der Waals surface area contributed by atoms with E-state index < -0.39 is 5.41 Å². The first-order valence-corrected chi connectivity index (χ1v) is 8.83. The van der Waals surface area contributed by atoms with Crippen molar-refractivity contribution < 1.29 is 9.53 Å². The number of carbonyl (C=O) groups excluding carboxylic acids is 1. The van der Waals surface area contributed by atoms with Gasteiger partial charge < -0.3 is 20.3 Å². The molecule has 1 amide bonds. The second kappa shape index (κ2) is 12.3. The van der Waals surface area contributed by atoms with Crippen LogP contribution < -0.4 is 15.5 Å². The SMILES string of the molecule is CCN(CC)c1ccc(CNC(=O)C2(COC)CCNCC2)cn1.Cl.Cl. The third-order valence-electron chi connectivity index (χ3n) is 4.81. The zero-order valence-corrected chi connectivity index (χ0v) is 17.5. The molecule has 6 nitrogen and oxygen atoms in total. The Balaban J connectivity index is 0.00000312. The summed E-state index contributed by atoms with van der Waals surface area (Å²) in [6.07, 6.45) is 3.47. The van der Waals surface area contributed by atoms with Gasteiger partial charge in [-0.15, -0.1) is 24.8 Å². The minimum absolute atomic E-state index is 0. The Kier molecular flexibility index (Phi) is 11.8. The van der Waals surface area contributed by atoms with Crippen LogP contribution in [0.1, 0.15) is 32.3 Å². The summed E-state index contributed by atoms with van der Waals surface area (Å²) in [5.74, 6) is 1.06. The van der Waals surface area contributed by atoms with Gasteiger partial charge in [0, 0.05) is 32.9 Å². The number of methoxy groups -OCH3 is 1. The second-order valence-electron chi connectivity index (χ2n) is 6.34. The summed E-state index contributed by atoms with van der Waals surface area (Å²) in [6, 6.07) is 4.05. The molecule has 1 fully saturated rings. The van der Waals surface area contributed by atoms with E-state index in [1.54, 1.807) is 7.11 Å². The molecule has 8 heteroatoms. The van der Waals surface area contributed by atoms with Crippen LogP contribution in [0.3, 0.4) is 0 Å². The maximum absolute atomic E-state index is 12.7. The molecule has 0 radical (unpaired) electrons. The van der Waals surface area contributed by atoms with Gasteiger partial charge in [0.15, 0.2) is 0 Å². The molecule has 1 saturated heterocycles. The largest absolute Gasteiger partial charge is 0.384 e. The number of piperidine rings is 1. The van der Waals surface area contributed by atoms with Gasteiger partial charge in [-0.2, -0.15) is 0 Å². The molecule has 1 aliphatic heterocycles. The molecule has 0 atom stereocenters. The van der Waals surface area contributed by atoms with Crippen LogP contribution in [-0.2, 0) is 16.1 Å². The number of hydrogen-bond acceptors (Lipinski definition) is 5. The fourth-order valence-corrected chi connectivity index (χ4v) is 3.24. The molecule has 0 saturated carbocycles. The van der Waals surface area contributed by atoms with Crippen LogP contribution in [0, 0.1) is 5.41 Å². The minimum Gasteiger partial charge on any atom is -0.384 e. The molecule has 150 valence electrons. The van der Waals surface area contributed by atoms with Crippen molar-refractivity contribution in [3.63, 3.8) is 0 Å². The van der Waals surface area contributed by atoms with Gasteiger partial charge in [-0.1, -0.05) is 6.07 Å². The molecule has 2 heterocycles. The van der Waals surface area contributed by atoms with Crippen LogP contribution in [0.2, 0.25) is 0 Å². The number of amides is 1.